The zero-order chi connectivity index (χ0) is 23.7. The number of pyridine rings is 1. The van der Waals surface area contributed by atoms with Gasteiger partial charge in [-0.05, 0) is 41.0 Å². The molecular weight excluding hydrogens is 443 g/mol. The Kier molecular flexibility index (Phi) is 5.73. The van der Waals surface area contributed by atoms with Crippen LogP contribution >= 0.6 is 0 Å². The normalized spacial score (nSPS) is 15.6. The minimum absolute atomic E-state index is 0.305. The van der Waals surface area contributed by atoms with E-state index in [0.29, 0.717) is 38.5 Å². The van der Waals surface area contributed by atoms with Crippen LogP contribution < -0.4 is 9.64 Å². The first-order chi connectivity index (χ1) is 16.4. The number of ether oxygens (including phenoxy) is 1. The third-order valence-corrected chi connectivity index (χ3v) is 6.07. The molecular formula is C26H22F3N3O2. The van der Waals surface area contributed by atoms with Gasteiger partial charge >= 0.3 is 6.18 Å². The maximum absolute atomic E-state index is 13.3. The zero-order valence-electron chi connectivity index (χ0n) is 18.3. The van der Waals surface area contributed by atoms with Gasteiger partial charge in [0, 0.05) is 26.2 Å². The quantitative estimate of drug-likeness (QED) is 0.500. The highest BCUT2D eigenvalue weighted by molar-refractivity contribution is 5.96. The number of carbonyl (C=O) groups is 1. The number of aromatic nitrogens is 1. The number of hydrogen-bond acceptors (Lipinski definition) is 4. The van der Waals surface area contributed by atoms with Crippen molar-refractivity contribution in [3.8, 4) is 5.75 Å². The van der Waals surface area contributed by atoms with Gasteiger partial charge in [0.2, 0.25) is 0 Å². The molecule has 8 heteroatoms. The SMILES string of the molecule is O=C(c1ccccc1C(F)(F)F)N1CC2=C(C1)CN(c1ccc(OCc3ccccc3)cn1)C2. The van der Waals surface area contributed by atoms with Crippen molar-refractivity contribution < 1.29 is 22.7 Å². The van der Waals surface area contributed by atoms with Crippen molar-refractivity contribution in [2.75, 3.05) is 31.1 Å². The number of alkyl halides is 3. The molecule has 2 aliphatic rings. The highest BCUT2D eigenvalue weighted by Crippen LogP contribution is 2.34. The number of halogens is 3. The third kappa shape index (κ3) is 4.48. The standard InChI is InChI=1S/C26H22F3N3O2/c27-26(28,29)23-9-5-4-8-22(23)25(33)32-15-19-13-31(14-20(19)16-32)24-11-10-21(12-30-24)34-17-18-6-2-1-3-7-18/h1-12H,13-17H2. The number of rotatable bonds is 5. The van der Waals surface area contributed by atoms with Crippen molar-refractivity contribution in [3.63, 3.8) is 0 Å². The molecule has 0 radical (unpaired) electrons. The maximum atomic E-state index is 13.3. The van der Waals surface area contributed by atoms with Crippen molar-refractivity contribution in [2.24, 2.45) is 0 Å². The lowest BCUT2D eigenvalue weighted by Gasteiger charge is -2.24. The number of benzene rings is 2. The molecule has 3 heterocycles. The van der Waals surface area contributed by atoms with E-state index >= 15 is 0 Å². The van der Waals surface area contributed by atoms with E-state index in [-0.39, 0.29) is 5.56 Å². The third-order valence-electron chi connectivity index (χ3n) is 6.07. The van der Waals surface area contributed by atoms with E-state index in [1.54, 1.807) is 6.20 Å². The van der Waals surface area contributed by atoms with E-state index in [1.807, 2.05) is 42.5 Å². The topological polar surface area (TPSA) is 45.7 Å². The Morgan fingerprint density at radius 3 is 2.21 bits per heavy atom. The maximum Gasteiger partial charge on any atom is 0.417 e. The molecule has 3 aromatic rings. The Morgan fingerprint density at radius 2 is 1.56 bits per heavy atom. The van der Waals surface area contributed by atoms with E-state index in [9.17, 15) is 18.0 Å². The van der Waals surface area contributed by atoms with Gasteiger partial charge in [0.1, 0.15) is 18.2 Å². The Balaban J connectivity index is 1.19. The largest absolute Gasteiger partial charge is 0.487 e. The van der Waals surface area contributed by atoms with Crippen LogP contribution in [0.3, 0.4) is 0 Å². The van der Waals surface area contributed by atoms with E-state index in [0.717, 1.165) is 28.6 Å². The smallest absolute Gasteiger partial charge is 0.417 e. The van der Waals surface area contributed by atoms with Gasteiger partial charge in [-0.3, -0.25) is 4.79 Å². The fraction of sp³-hybridized carbons (Fsp3) is 0.231. The summed E-state index contributed by atoms with van der Waals surface area (Å²) < 4.78 is 45.8. The van der Waals surface area contributed by atoms with Crippen LogP contribution in [0.5, 0.6) is 5.75 Å². The molecule has 0 saturated carbocycles. The fourth-order valence-corrected chi connectivity index (χ4v) is 4.36. The van der Waals surface area contributed by atoms with Gasteiger partial charge in [-0.2, -0.15) is 13.2 Å². The summed E-state index contributed by atoms with van der Waals surface area (Å²) in [5.41, 5.74) is 1.99. The van der Waals surface area contributed by atoms with Crippen molar-refractivity contribution in [1.29, 1.82) is 0 Å². The predicted octanol–water partition coefficient (Wildman–Crippen LogP) is 4.95. The molecule has 0 bridgehead atoms. The van der Waals surface area contributed by atoms with Gasteiger partial charge in [0.25, 0.3) is 5.91 Å². The number of carbonyl (C=O) groups excluding carboxylic acids is 1. The second kappa shape index (κ2) is 8.85. The Labute approximate surface area is 195 Å². The molecule has 1 aromatic heterocycles. The van der Waals surface area contributed by atoms with Crippen LogP contribution in [0.4, 0.5) is 19.0 Å². The first kappa shape index (κ1) is 22.0. The molecule has 1 amide bonds. The Morgan fingerprint density at radius 1 is 0.882 bits per heavy atom. The summed E-state index contributed by atoms with van der Waals surface area (Å²) in [7, 11) is 0. The van der Waals surface area contributed by atoms with Gasteiger partial charge in [-0.25, -0.2) is 4.98 Å². The van der Waals surface area contributed by atoms with Gasteiger partial charge in [-0.1, -0.05) is 42.5 Å². The molecule has 2 aliphatic heterocycles. The van der Waals surface area contributed by atoms with Crippen LogP contribution in [-0.4, -0.2) is 42.0 Å². The first-order valence-electron chi connectivity index (χ1n) is 10.9. The number of hydrogen-bond donors (Lipinski definition) is 0. The number of amides is 1. The summed E-state index contributed by atoms with van der Waals surface area (Å²) >= 11 is 0. The van der Waals surface area contributed by atoms with Crippen LogP contribution in [0, 0.1) is 0 Å². The second-order valence-corrected chi connectivity index (χ2v) is 8.39. The highest BCUT2D eigenvalue weighted by Gasteiger charge is 2.38. The highest BCUT2D eigenvalue weighted by atomic mass is 19.4. The minimum atomic E-state index is -4.57. The summed E-state index contributed by atoms with van der Waals surface area (Å²) in [6, 6.07) is 18.6. The molecule has 34 heavy (non-hydrogen) atoms. The van der Waals surface area contributed by atoms with E-state index in [1.165, 1.54) is 23.1 Å². The zero-order valence-corrected chi connectivity index (χ0v) is 18.3. The van der Waals surface area contributed by atoms with Gasteiger partial charge in [0.05, 0.1) is 17.3 Å². The van der Waals surface area contributed by atoms with Crippen LogP contribution in [0.15, 0.2) is 84.1 Å². The van der Waals surface area contributed by atoms with Crippen molar-refractivity contribution in [1.82, 2.24) is 9.88 Å². The van der Waals surface area contributed by atoms with Crippen LogP contribution in [0.1, 0.15) is 21.5 Å². The summed E-state index contributed by atoms with van der Waals surface area (Å²) in [5.74, 6) is 0.876. The van der Waals surface area contributed by atoms with E-state index in [4.69, 9.17) is 4.74 Å². The molecule has 0 unspecified atom stereocenters. The molecule has 0 spiro atoms. The Bertz CT molecular complexity index is 1210. The van der Waals surface area contributed by atoms with Crippen molar-refractivity contribution in [3.05, 3.63) is 101 Å². The summed E-state index contributed by atoms with van der Waals surface area (Å²) in [5, 5.41) is 0. The lowest BCUT2D eigenvalue weighted by atomic mass is 10.1. The van der Waals surface area contributed by atoms with Crippen LogP contribution in [0.25, 0.3) is 0 Å². The minimum Gasteiger partial charge on any atom is -0.487 e. The van der Waals surface area contributed by atoms with E-state index in [2.05, 4.69) is 9.88 Å². The molecule has 2 aromatic carbocycles. The molecule has 5 nitrogen and oxygen atoms in total. The predicted molar refractivity (Wildman–Crippen MR) is 122 cm³/mol. The fourth-order valence-electron chi connectivity index (χ4n) is 4.36. The van der Waals surface area contributed by atoms with Crippen LogP contribution in [-0.2, 0) is 12.8 Å². The lowest BCUT2D eigenvalue weighted by molar-refractivity contribution is -0.138. The molecule has 174 valence electrons. The van der Waals surface area contributed by atoms with Gasteiger partial charge in [0.15, 0.2) is 0 Å². The Hall–Kier alpha value is -3.81. The molecule has 0 fully saturated rings. The van der Waals surface area contributed by atoms with Crippen molar-refractivity contribution >= 4 is 11.7 Å². The number of nitrogens with zero attached hydrogens (tertiary/aromatic N) is 3. The molecule has 0 N–H and O–H groups in total. The second-order valence-electron chi connectivity index (χ2n) is 8.39. The molecule has 0 aliphatic carbocycles. The van der Waals surface area contributed by atoms with Gasteiger partial charge in [-0.15, -0.1) is 0 Å². The molecule has 0 atom stereocenters. The average molecular weight is 465 g/mol. The summed E-state index contributed by atoms with van der Waals surface area (Å²) in [6.07, 6.45) is -2.88. The summed E-state index contributed by atoms with van der Waals surface area (Å²) in [6.45, 7) is 2.31. The number of anilines is 1. The molecule has 5 rings (SSSR count). The summed E-state index contributed by atoms with van der Waals surface area (Å²) in [4.78, 5) is 20.9. The van der Waals surface area contributed by atoms with Crippen molar-refractivity contribution in [2.45, 2.75) is 12.8 Å². The van der Waals surface area contributed by atoms with E-state index < -0.39 is 17.6 Å². The molecule has 0 saturated heterocycles. The lowest BCUT2D eigenvalue weighted by Crippen LogP contribution is -2.35. The van der Waals surface area contributed by atoms with Crippen LogP contribution in [0.2, 0.25) is 0 Å². The van der Waals surface area contributed by atoms with Gasteiger partial charge < -0.3 is 14.5 Å². The average Bonchev–Trinajstić information content (AvgIpc) is 3.42. The first-order valence-corrected chi connectivity index (χ1v) is 10.9. The monoisotopic (exact) mass is 465 g/mol.